The number of hydrazine groups is 1. The van der Waals surface area contributed by atoms with Gasteiger partial charge >= 0.3 is 0 Å². The molecule has 59 heavy (non-hydrogen) atoms. The quantitative estimate of drug-likeness (QED) is 0.130. The van der Waals surface area contributed by atoms with E-state index in [4.69, 9.17) is 21.1 Å². The van der Waals surface area contributed by atoms with Gasteiger partial charge in [0, 0.05) is 64.6 Å². The van der Waals surface area contributed by atoms with Crippen LogP contribution in [0.25, 0.3) is 11.0 Å². The second-order valence-electron chi connectivity index (χ2n) is 14.0. The van der Waals surface area contributed by atoms with Gasteiger partial charge in [0.1, 0.15) is 30.2 Å². The third kappa shape index (κ3) is 9.73. The van der Waals surface area contributed by atoms with E-state index in [2.05, 4.69) is 56.2 Å². The molecule has 2 aromatic carbocycles. The number of halogens is 5. The molecule has 3 aliphatic rings. The highest BCUT2D eigenvalue weighted by molar-refractivity contribution is 6.28. The zero-order valence-electron chi connectivity index (χ0n) is 34.4. The average Bonchev–Trinajstić information content (AvgIpc) is 3.91. The molecule has 0 spiro atoms. The molecule has 1 fully saturated rings. The number of nitrogens with one attached hydrogen (secondary N) is 2. The molecule has 318 valence electrons. The normalized spacial score (nSPS) is 20.4. The standard InChI is InChI=1S/C34H33ClF4N10O3.C4H11N.C2H6/c1-17-43-25-11-23(38)29(39)28-24(7-8-40-2)41-16-52-19-10-27(33(50)46(3)13-20(51-4)15-47(17)30(25)28)48(14-19)31-21-12-42-49(32(21)45-34(35)44-31)26-6-5-18(36)9-22(26)37;1-4(2)5-3;1-2/h5-9,11,19-20,27,42H,2,10,12-16H2,1,3-4H3;4-5H,1-3H3;1-2H3/b8-7-,41-24+;;. The lowest BCUT2D eigenvalue weighted by molar-refractivity contribution is -0.133. The van der Waals surface area contributed by atoms with Crippen molar-refractivity contribution < 1.29 is 31.8 Å². The van der Waals surface area contributed by atoms with Crippen LogP contribution < -0.4 is 20.7 Å². The van der Waals surface area contributed by atoms with Crippen molar-refractivity contribution in [3.05, 3.63) is 82.0 Å². The number of amides is 1. The van der Waals surface area contributed by atoms with E-state index in [0.29, 0.717) is 28.8 Å². The zero-order chi connectivity index (χ0) is 43.1. The number of imidazole rings is 1. The Labute approximate surface area is 345 Å². The summed E-state index contributed by atoms with van der Waals surface area (Å²) < 4.78 is 73.2. The van der Waals surface area contributed by atoms with E-state index >= 15 is 8.78 Å². The Balaban J connectivity index is 0.000000880. The molecule has 14 nitrogen and oxygen atoms in total. The Morgan fingerprint density at radius 2 is 1.80 bits per heavy atom. The number of aliphatic imine (C=N–C) groups is 2. The van der Waals surface area contributed by atoms with Gasteiger partial charge in [-0.05, 0) is 50.5 Å². The van der Waals surface area contributed by atoms with Crippen LogP contribution in [0.3, 0.4) is 0 Å². The van der Waals surface area contributed by atoms with Gasteiger partial charge in [0.25, 0.3) is 0 Å². The monoisotopic (exact) mass is 843 g/mol. The highest BCUT2D eigenvalue weighted by Gasteiger charge is 2.43. The number of aromatic nitrogens is 4. The molecule has 3 unspecified atom stereocenters. The smallest absolute Gasteiger partial charge is 0.245 e. The fraction of sp³-hybridized carbons (Fsp3) is 0.450. The van der Waals surface area contributed by atoms with Crippen molar-refractivity contribution in [1.29, 1.82) is 0 Å². The summed E-state index contributed by atoms with van der Waals surface area (Å²) in [5.41, 5.74) is 3.99. The fourth-order valence-corrected chi connectivity index (χ4v) is 7.08. The third-order valence-electron chi connectivity index (χ3n) is 9.94. The van der Waals surface area contributed by atoms with Crippen LogP contribution in [-0.2, 0) is 27.4 Å². The largest absolute Gasteiger partial charge is 0.378 e. The summed E-state index contributed by atoms with van der Waals surface area (Å²) in [5.74, 6) is -3.05. The molecule has 19 heteroatoms. The van der Waals surface area contributed by atoms with Crippen molar-refractivity contribution in [3.8, 4) is 0 Å². The number of hydrogen-bond acceptors (Lipinski definition) is 12. The highest BCUT2D eigenvalue weighted by atomic mass is 35.5. The molecule has 0 saturated carbocycles. The Morgan fingerprint density at radius 1 is 1.08 bits per heavy atom. The average molecular weight is 844 g/mol. The minimum Gasteiger partial charge on any atom is -0.378 e. The number of fused-ring (bicyclic) bond motifs is 3. The summed E-state index contributed by atoms with van der Waals surface area (Å²) in [4.78, 5) is 39.2. The molecule has 1 saturated heterocycles. The van der Waals surface area contributed by atoms with Crippen LogP contribution in [0.1, 0.15) is 51.1 Å². The number of carbonyl (C=O) groups excluding carboxylic acids is 1. The number of nitrogens with zero attached hydrogens (tertiary/aromatic N) is 9. The van der Waals surface area contributed by atoms with E-state index in [1.165, 1.54) is 35.4 Å². The van der Waals surface area contributed by atoms with E-state index in [9.17, 15) is 13.6 Å². The number of methoxy groups -OCH3 is 1. The van der Waals surface area contributed by atoms with Crippen molar-refractivity contribution >= 4 is 58.3 Å². The number of hydrogen-bond donors (Lipinski definition) is 2. The number of anilines is 3. The summed E-state index contributed by atoms with van der Waals surface area (Å²) in [5, 5.41) is 4.22. The Kier molecular flexibility index (Phi) is 15.2. The number of likely N-dealkylation sites (N-methyl/N-ethyl adjacent to an activating group) is 1. The Bertz CT molecular complexity index is 2220. The molecule has 2 bridgehead atoms. The molecule has 7 rings (SSSR count). The van der Waals surface area contributed by atoms with Gasteiger partial charge in [-0.3, -0.25) is 19.8 Å². The van der Waals surface area contributed by atoms with Crippen LogP contribution >= 0.6 is 11.6 Å². The number of carbonyl (C=O) groups is 1. The van der Waals surface area contributed by atoms with E-state index in [1.54, 1.807) is 23.4 Å². The van der Waals surface area contributed by atoms with Gasteiger partial charge < -0.3 is 29.2 Å². The maximum Gasteiger partial charge on any atom is 0.245 e. The SMILES string of the molecule is C=N/C=C\C1=N/COC2CC(C(=O)N(C)CC(OC)Cn3c(C)nc4cc(F)c(F)c1c43)N(c1nc(Cl)nc3c1CNN3c1ccc(F)cc1F)C2.CC.CNC(C)C. The molecule has 2 aromatic heterocycles. The van der Waals surface area contributed by atoms with E-state index in [1.807, 2.05) is 20.9 Å². The lowest BCUT2D eigenvalue weighted by atomic mass is 10.1. The number of benzene rings is 2. The first kappa shape index (κ1) is 45.1. The molecule has 4 aromatic rings. The zero-order valence-corrected chi connectivity index (χ0v) is 35.1. The number of ether oxygens (including phenoxy) is 2. The van der Waals surface area contributed by atoms with Gasteiger partial charge in [0.05, 0.1) is 52.3 Å². The number of rotatable bonds is 6. The first-order valence-electron chi connectivity index (χ1n) is 19.2. The summed E-state index contributed by atoms with van der Waals surface area (Å²) in [6.07, 6.45) is 1.72. The molecule has 0 aliphatic carbocycles. The van der Waals surface area contributed by atoms with Crippen molar-refractivity contribution in [1.82, 2.24) is 35.2 Å². The van der Waals surface area contributed by atoms with E-state index in [-0.39, 0.29) is 78.8 Å². The van der Waals surface area contributed by atoms with Crippen LogP contribution in [0.5, 0.6) is 0 Å². The lowest BCUT2D eigenvalue weighted by Crippen LogP contribution is -2.47. The molecule has 1 amide bonds. The van der Waals surface area contributed by atoms with Crippen LogP contribution in [0.15, 0.2) is 46.5 Å². The molecule has 3 atom stereocenters. The predicted octanol–water partition coefficient (Wildman–Crippen LogP) is 6.25. The third-order valence-corrected chi connectivity index (χ3v) is 10.1. The van der Waals surface area contributed by atoms with Gasteiger partial charge in [-0.2, -0.15) is 4.98 Å². The molecular formula is C40H50ClF4N11O3. The highest BCUT2D eigenvalue weighted by Crippen LogP contribution is 2.40. The fourth-order valence-electron chi connectivity index (χ4n) is 6.92. The minimum atomic E-state index is -1.13. The van der Waals surface area contributed by atoms with Crippen molar-refractivity contribution in [2.24, 2.45) is 9.98 Å². The van der Waals surface area contributed by atoms with Crippen molar-refractivity contribution in [2.45, 2.75) is 78.4 Å². The first-order valence-corrected chi connectivity index (χ1v) is 19.5. The van der Waals surface area contributed by atoms with Gasteiger partial charge in [-0.25, -0.2) is 33.0 Å². The summed E-state index contributed by atoms with van der Waals surface area (Å²) in [7, 11) is 5.09. The topological polar surface area (TPSA) is 138 Å². The Hall–Kier alpha value is -5.01. The lowest BCUT2D eigenvalue weighted by Gasteiger charge is -2.31. The summed E-state index contributed by atoms with van der Waals surface area (Å²) in [6.45, 7) is 13.6. The molecular weight excluding hydrogens is 794 g/mol. The second kappa shape index (κ2) is 19.8. The Morgan fingerprint density at radius 3 is 2.46 bits per heavy atom. The second-order valence-corrected chi connectivity index (χ2v) is 14.3. The van der Waals surface area contributed by atoms with Crippen molar-refractivity contribution in [2.75, 3.05) is 50.9 Å². The van der Waals surface area contributed by atoms with E-state index < -0.39 is 41.5 Å². The molecule has 0 radical (unpaired) electrons. The number of allylic oxidation sites excluding steroid dienone is 1. The molecule has 5 heterocycles. The van der Waals surface area contributed by atoms with Crippen molar-refractivity contribution in [3.63, 3.8) is 0 Å². The maximum absolute atomic E-state index is 15.8. The van der Waals surface area contributed by atoms with Crippen LogP contribution in [0, 0.1) is 30.2 Å². The van der Waals surface area contributed by atoms with E-state index in [0.717, 1.165) is 18.2 Å². The summed E-state index contributed by atoms with van der Waals surface area (Å²) >= 11 is 6.44. The van der Waals surface area contributed by atoms with Crippen LogP contribution in [0.4, 0.5) is 34.9 Å². The van der Waals surface area contributed by atoms with Gasteiger partial charge in [0.2, 0.25) is 11.2 Å². The minimum absolute atomic E-state index is 0.0144. The van der Waals surface area contributed by atoms with Crippen LogP contribution in [-0.4, -0.2) is 108 Å². The maximum atomic E-state index is 15.8. The van der Waals surface area contributed by atoms with Crippen LogP contribution in [0.2, 0.25) is 5.28 Å². The predicted molar refractivity (Wildman–Crippen MR) is 221 cm³/mol. The van der Waals surface area contributed by atoms with Gasteiger partial charge in [0.15, 0.2) is 23.3 Å². The first-order chi connectivity index (χ1) is 28.3. The molecule has 2 N–H and O–H groups in total. The number of aryl methyl sites for hydroxylation is 1. The molecule has 3 aliphatic heterocycles. The van der Waals surface area contributed by atoms with Gasteiger partial charge in [-0.15, -0.1) is 0 Å². The van der Waals surface area contributed by atoms with Gasteiger partial charge in [-0.1, -0.05) is 27.7 Å². The summed E-state index contributed by atoms with van der Waals surface area (Å²) in [6, 6.07) is 4.02.